The first-order valence-corrected chi connectivity index (χ1v) is 8.30. The maximum Gasteiger partial charge on any atom is 0.104 e. The molecule has 0 spiro atoms. The largest absolute Gasteiger partial charge is 0.389 e. The van der Waals surface area contributed by atoms with E-state index >= 15 is 0 Å². The summed E-state index contributed by atoms with van der Waals surface area (Å²) >= 11 is 8.60. The fourth-order valence-corrected chi connectivity index (χ4v) is 2.66. The predicted octanol–water partition coefficient (Wildman–Crippen LogP) is 2.96. The Kier molecular flexibility index (Phi) is 8.84. The maximum absolute atomic E-state index is 5.66. The monoisotopic (exact) mass is 374 g/mol. The molecule has 0 aliphatic heterocycles. The number of nitrogens with zero attached hydrogens (tertiary/aromatic N) is 1. The molecule has 0 aliphatic carbocycles. The third-order valence-electron chi connectivity index (χ3n) is 2.99. The molecule has 0 bridgehead atoms. The number of nitrogens with two attached hydrogens (primary N) is 1. The summed E-state index contributed by atoms with van der Waals surface area (Å²) in [5.74, 6) is 0. The number of thiocarbonyl (C=S) groups is 1. The van der Waals surface area contributed by atoms with Gasteiger partial charge in [-0.2, -0.15) is 0 Å². The second-order valence-corrected chi connectivity index (χ2v) is 5.71. The fourth-order valence-electron chi connectivity index (χ4n) is 1.91. The Bertz CT molecular complexity index is 447. The minimum atomic E-state index is 0.400. The smallest absolute Gasteiger partial charge is 0.104 e. The Labute approximate surface area is 140 Å². The Morgan fingerprint density at radius 1 is 1.19 bits per heavy atom. The average Bonchev–Trinajstić information content (AvgIpc) is 2.46. The minimum absolute atomic E-state index is 0.400. The molecule has 0 radical (unpaired) electrons. The molecule has 6 heteroatoms. The molecule has 0 aliphatic rings. The van der Waals surface area contributed by atoms with Crippen molar-refractivity contribution in [1.82, 2.24) is 0 Å². The zero-order chi connectivity index (χ0) is 15.7. The molecule has 1 rings (SSSR count). The Morgan fingerprint density at radius 3 is 2.19 bits per heavy atom. The lowest BCUT2D eigenvalue weighted by Gasteiger charge is -2.26. The minimum Gasteiger partial charge on any atom is -0.389 e. The van der Waals surface area contributed by atoms with E-state index in [1.165, 1.54) is 0 Å². The van der Waals surface area contributed by atoms with Gasteiger partial charge < -0.3 is 20.1 Å². The van der Waals surface area contributed by atoms with Crippen LogP contribution in [-0.4, -0.2) is 44.5 Å². The van der Waals surface area contributed by atoms with Crippen molar-refractivity contribution in [3.63, 3.8) is 0 Å². The zero-order valence-electron chi connectivity index (χ0n) is 12.6. The zero-order valence-corrected chi connectivity index (χ0v) is 15.0. The quantitative estimate of drug-likeness (QED) is 0.503. The second kappa shape index (κ2) is 10.1. The first-order valence-electron chi connectivity index (χ1n) is 7.09. The molecule has 0 amide bonds. The SMILES string of the molecule is CCOCCN(CCOCC)c1ccc(C(N)=S)cc1Br. The molecule has 4 nitrogen and oxygen atoms in total. The summed E-state index contributed by atoms with van der Waals surface area (Å²) in [6.45, 7) is 8.44. The second-order valence-electron chi connectivity index (χ2n) is 4.41. The maximum atomic E-state index is 5.66. The van der Waals surface area contributed by atoms with Crippen LogP contribution in [0.2, 0.25) is 0 Å². The molecule has 0 unspecified atom stereocenters. The lowest BCUT2D eigenvalue weighted by atomic mass is 10.2. The van der Waals surface area contributed by atoms with E-state index in [-0.39, 0.29) is 0 Å². The highest BCUT2D eigenvalue weighted by Gasteiger charge is 2.11. The summed E-state index contributed by atoms with van der Waals surface area (Å²) in [6, 6.07) is 5.92. The topological polar surface area (TPSA) is 47.7 Å². The van der Waals surface area contributed by atoms with Crippen molar-refractivity contribution in [2.45, 2.75) is 13.8 Å². The summed E-state index contributed by atoms with van der Waals surface area (Å²) in [6.07, 6.45) is 0. The van der Waals surface area contributed by atoms with Crippen molar-refractivity contribution in [2.24, 2.45) is 5.73 Å². The number of ether oxygens (including phenoxy) is 2. The van der Waals surface area contributed by atoms with E-state index in [1.54, 1.807) is 0 Å². The van der Waals surface area contributed by atoms with Gasteiger partial charge in [-0.25, -0.2) is 0 Å². The molecule has 1 aromatic carbocycles. The van der Waals surface area contributed by atoms with E-state index in [4.69, 9.17) is 27.4 Å². The van der Waals surface area contributed by atoms with Gasteiger partial charge in [-0.05, 0) is 48.0 Å². The van der Waals surface area contributed by atoms with Gasteiger partial charge in [0.15, 0.2) is 0 Å². The van der Waals surface area contributed by atoms with Gasteiger partial charge in [-0.3, -0.25) is 0 Å². The molecule has 0 saturated carbocycles. The molecule has 0 atom stereocenters. The van der Waals surface area contributed by atoms with Gasteiger partial charge in [0.2, 0.25) is 0 Å². The van der Waals surface area contributed by atoms with Crippen LogP contribution in [0.3, 0.4) is 0 Å². The van der Waals surface area contributed by atoms with Gasteiger partial charge in [-0.15, -0.1) is 0 Å². The normalized spacial score (nSPS) is 10.6. The van der Waals surface area contributed by atoms with Crippen molar-refractivity contribution < 1.29 is 9.47 Å². The van der Waals surface area contributed by atoms with Gasteiger partial charge in [0.1, 0.15) is 4.99 Å². The van der Waals surface area contributed by atoms with Crippen LogP contribution in [0.5, 0.6) is 0 Å². The summed E-state index contributed by atoms with van der Waals surface area (Å²) in [4.78, 5) is 2.64. The van der Waals surface area contributed by atoms with Crippen molar-refractivity contribution in [3.05, 3.63) is 28.2 Å². The van der Waals surface area contributed by atoms with E-state index < -0.39 is 0 Å². The van der Waals surface area contributed by atoms with Crippen LogP contribution in [0.25, 0.3) is 0 Å². The van der Waals surface area contributed by atoms with Crippen LogP contribution in [0.15, 0.2) is 22.7 Å². The highest BCUT2D eigenvalue weighted by Crippen LogP contribution is 2.27. The standard InChI is InChI=1S/C15H23BrN2O2S/c1-3-19-9-7-18(8-10-20-4-2)14-6-5-12(15(17)21)11-13(14)16/h5-6,11H,3-4,7-10H2,1-2H3,(H2,17,21). The van der Waals surface area contributed by atoms with E-state index in [1.807, 2.05) is 32.0 Å². The van der Waals surface area contributed by atoms with Gasteiger partial charge in [0.25, 0.3) is 0 Å². The molecular weight excluding hydrogens is 352 g/mol. The van der Waals surface area contributed by atoms with Crippen LogP contribution in [0.4, 0.5) is 5.69 Å². The highest BCUT2D eigenvalue weighted by atomic mass is 79.9. The van der Waals surface area contributed by atoms with Gasteiger partial charge in [0, 0.05) is 36.3 Å². The average molecular weight is 375 g/mol. The molecule has 0 aromatic heterocycles. The summed E-state index contributed by atoms with van der Waals surface area (Å²) < 4.78 is 11.9. The molecule has 0 saturated heterocycles. The summed E-state index contributed by atoms with van der Waals surface area (Å²) in [5.41, 5.74) is 7.61. The van der Waals surface area contributed by atoms with Crippen LogP contribution in [-0.2, 0) is 9.47 Å². The first kappa shape index (κ1) is 18.4. The van der Waals surface area contributed by atoms with E-state index in [2.05, 4.69) is 20.8 Å². The van der Waals surface area contributed by atoms with Crippen LogP contribution in [0.1, 0.15) is 19.4 Å². The van der Waals surface area contributed by atoms with Gasteiger partial charge in [-0.1, -0.05) is 12.2 Å². The summed E-state index contributed by atoms with van der Waals surface area (Å²) in [7, 11) is 0. The number of anilines is 1. The van der Waals surface area contributed by atoms with E-state index in [9.17, 15) is 0 Å². The van der Waals surface area contributed by atoms with Crippen molar-refractivity contribution in [3.8, 4) is 0 Å². The molecule has 21 heavy (non-hydrogen) atoms. The number of hydrogen-bond donors (Lipinski definition) is 1. The van der Waals surface area contributed by atoms with Crippen LogP contribution >= 0.6 is 28.1 Å². The van der Waals surface area contributed by atoms with Crippen LogP contribution in [0, 0.1) is 0 Å². The third kappa shape index (κ3) is 6.30. The Balaban J connectivity index is 2.82. The summed E-state index contributed by atoms with van der Waals surface area (Å²) in [5, 5.41) is 0. The number of benzene rings is 1. The van der Waals surface area contributed by atoms with Gasteiger partial charge in [0.05, 0.1) is 18.9 Å². The molecule has 2 N–H and O–H groups in total. The fraction of sp³-hybridized carbons (Fsp3) is 0.533. The van der Waals surface area contributed by atoms with Crippen molar-refractivity contribution in [2.75, 3.05) is 44.4 Å². The van der Waals surface area contributed by atoms with Crippen LogP contribution < -0.4 is 10.6 Å². The number of rotatable bonds is 10. The van der Waals surface area contributed by atoms with E-state index in [0.717, 1.165) is 42.0 Å². The molecule has 0 heterocycles. The Morgan fingerprint density at radius 2 is 1.76 bits per heavy atom. The highest BCUT2D eigenvalue weighted by molar-refractivity contribution is 9.10. The number of halogens is 1. The first-order chi connectivity index (χ1) is 10.1. The molecule has 0 fully saturated rings. The predicted molar refractivity (Wildman–Crippen MR) is 95.2 cm³/mol. The Hall–Kier alpha value is -0.690. The van der Waals surface area contributed by atoms with Gasteiger partial charge >= 0.3 is 0 Å². The lowest BCUT2D eigenvalue weighted by Crippen LogP contribution is -2.31. The molecule has 118 valence electrons. The van der Waals surface area contributed by atoms with E-state index in [0.29, 0.717) is 18.2 Å². The number of hydrogen-bond acceptors (Lipinski definition) is 4. The molecular formula is C15H23BrN2O2S. The molecule has 1 aromatic rings. The third-order valence-corrected chi connectivity index (χ3v) is 3.86. The van der Waals surface area contributed by atoms with Crippen molar-refractivity contribution in [1.29, 1.82) is 0 Å². The van der Waals surface area contributed by atoms with Crippen molar-refractivity contribution >= 4 is 38.8 Å². The lowest BCUT2D eigenvalue weighted by molar-refractivity contribution is 0.141.